The van der Waals surface area contributed by atoms with Crippen LogP contribution in [0.25, 0.3) is 0 Å². The normalized spacial score (nSPS) is 9.83. The number of anilines is 3. The van der Waals surface area contributed by atoms with E-state index in [1.807, 2.05) is 48.5 Å². The summed E-state index contributed by atoms with van der Waals surface area (Å²) in [7, 11) is 0. The van der Waals surface area contributed by atoms with Crippen LogP contribution in [0.1, 0.15) is 0 Å². The van der Waals surface area contributed by atoms with Crippen LogP contribution < -0.4 is 10.2 Å². The molecule has 2 aromatic carbocycles. The Kier molecular flexibility index (Phi) is 3.94. The first kappa shape index (κ1) is 12.1. The van der Waals surface area contributed by atoms with Gasteiger partial charge in [-0.3, -0.25) is 9.69 Å². The van der Waals surface area contributed by atoms with Gasteiger partial charge in [0.1, 0.15) is 6.73 Å². The Bertz CT molecular complexity index is 514. The number of carbonyl (C=O) groups excluding carboxylic acids is 1. The molecule has 0 unspecified atom stereocenters. The molecule has 1 amide bonds. The lowest BCUT2D eigenvalue weighted by Gasteiger charge is -2.19. The summed E-state index contributed by atoms with van der Waals surface area (Å²) in [5, 5.41) is 12.3. The highest BCUT2D eigenvalue weighted by Crippen LogP contribution is 2.27. The lowest BCUT2D eigenvalue weighted by Crippen LogP contribution is -2.22. The van der Waals surface area contributed by atoms with E-state index >= 15 is 0 Å². The van der Waals surface area contributed by atoms with Crippen molar-refractivity contribution < 1.29 is 9.90 Å². The second-order valence-electron chi connectivity index (χ2n) is 3.72. The van der Waals surface area contributed by atoms with E-state index in [0.29, 0.717) is 12.1 Å². The van der Waals surface area contributed by atoms with Gasteiger partial charge in [-0.25, -0.2) is 0 Å². The van der Waals surface area contributed by atoms with Gasteiger partial charge in [0.25, 0.3) is 0 Å². The second-order valence-corrected chi connectivity index (χ2v) is 3.72. The zero-order chi connectivity index (χ0) is 12.8. The third kappa shape index (κ3) is 2.67. The molecule has 0 spiro atoms. The van der Waals surface area contributed by atoms with E-state index in [1.165, 1.54) is 4.90 Å². The predicted octanol–water partition coefficient (Wildman–Crippen LogP) is 2.34. The van der Waals surface area contributed by atoms with Crippen LogP contribution in [0.5, 0.6) is 0 Å². The van der Waals surface area contributed by atoms with Crippen molar-refractivity contribution in [1.82, 2.24) is 0 Å². The molecule has 0 aromatic heterocycles. The van der Waals surface area contributed by atoms with Crippen molar-refractivity contribution >= 4 is 23.5 Å². The molecular weight excluding hydrogens is 228 g/mol. The number of nitrogens with zero attached hydrogens (tertiary/aromatic N) is 1. The van der Waals surface area contributed by atoms with Crippen LogP contribution >= 0.6 is 0 Å². The maximum atomic E-state index is 10.9. The molecule has 4 heteroatoms. The Balaban J connectivity index is 2.30. The molecule has 0 bridgehead atoms. The molecule has 2 rings (SSSR count). The van der Waals surface area contributed by atoms with Crippen molar-refractivity contribution in [2.24, 2.45) is 0 Å². The largest absolute Gasteiger partial charge is 0.376 e. The standard InChI is InChI=1S/C14H14N2O2/c17-10-16(11-18)14-9-5-4-8-13(14)15-12-6-2-1-3-7-12/h1-10,15,18H,11H2. The molecule has 0 atom stereocenters. The van der Waals surface area contributed by atoms with Crippen molar-refractivity contribution in [3.63, 3.8) is 0 Å². The first-order valence-electron chi connectivity index (χ1n) is 5.59. The van der Waals surface area contributed by atoms with Crippen LogP contribution in [0.3, 0.4) is 0 Å². The molecule has 4 nitrogen and oxygen atoms in total. The molecule has 0 aliphatic carbocycles. The topological polar surface area (TPSA) is 52.6 Å². The van der Waals surface area contributed by atoms with E-state index in [2.05, 4.69) is 5.32 Å². The van der Waals surface area contributed by atoms with Crippen LogP contribution in [0.4, 0.5) is 17.1 Å². The fourth-order valence-electron chi connectivity index (χ4n) is 1.67. The summed E-state index contributed by atoms with van der Waals surface area (Å²) in [5.41, 5.74) is 2.33. The lowest BCUT2D eigenvalue weighted by atomic mass is 10.2. The van der Waals surface area contributed by atoms with Crippen LogP contribution in [0, 0.1) is 0 Å². The molecule has 0 saturated carbocycles. The zero-order valence-corrected chi connectivity index (χ0v) is 9.78. The SMILES string of the molecule is O=CN(CO)c1ccccc1Nc1ccccc1. The second kappa shape index (κ2) is 5.84. The highest BCUT2D eigenvalue weighted by atomic mass is 16.3. The number of hydrogen-bond acceptors (Lipinski definition) is 3. The molecule has 0 aliphatic rings. The summed E-state index contributed by atoms with van der Waals surface area (Å²) in [6.07, 6.45) is 0.603. The first-order chi connectivity index (χ1) is 8.85. The van der Waals surface area contributed by atoms with Crippen molar-refractivity contribution in [3.8, 4) is 0 Å². The molecule has 0 radical (unpaired) electrons. The average molecular weight is 242 g/mol. The number of nitrogens with one attached hydrogen (secondary N) is 1. The van der Waals surface area contributed by atoms with Gasteiger partial charge in [0.05, 0.1) is 11.4 Å². The minimum atomic E-state index is -0.350. The molecule has 0 aliphatic heterocycles. The number of aliphatic hydroxyl groups excluding tert-OH is 1. The van der Waals surface area contributed by atoms with E-state index in [4.69, 9.17) is 5.11 Å². The molecule has 0 saturated heterocycles. The van der Waals surface area contributed by atoms with Gasteiger partial charge < -0.3 is 10.4 Å². The summed E-state index contributed by atoms with van der Waals surface area (Å²) >= 11 is 0. The molecule has 18 heavy (non-hydrogen) atoms. The number of benzene rings is 2. The van der Waals surface area contributed by atoms with Crippen LogP contribution in [0.2, 0.25) is 0 Å². The Morgan fingerprint density at radius 2 is 1.72 bits per heavy atom. The first-order valence-corrected chi connectivity index (χ1v) is 5.59. The summed E-state index contributed by atoms with van der Waals surface area (Å²) in [6.45, 7) is -0.350. The smallest absolute Gasteiger partial charge is 0.216 e. The van der Waals surface area contributed by atoms with Gasteiger partial charge in [-0.2, -0.15) is 0 Å². The monoisotopic (exact) mass is 242 g/mol. The average Bonchev–Trinajstić information content (AvgIpc) is 2.43. The molecule has 2 N–H and O–H groups in total. The number of rotatable bonds is 5. The molecular formula is C14H14N2O2. The summed E-state index contributed by atoms with van der Waals surface area (Å²) < 4.78 is 0. The van der Waals surface area contributed by atoms with Crippen LogP contribution in [-0.2, 0) is 4.79 Å². The predicted molar refractivity (Wildman–Crippen MR) is 71.8 cm³/mol. The van der Waals surface area contributed by atoms with E-state index in [9.17, 15) is 4.79 Å². The van der Waals surface area contributed by atoms with E-state index in [0.717, 1.165) is 11.4 Å². The number of aliphatic hydroxyl groups is 1. The fraction of sp³-hybridized carbons (Fsp3) is 0.0714. The van der Waals surface area contributed by atoms with Gasteiger partial charge in [0.2, 0.25) is 6.41 Å². The molecule has 92 valence electrons. The summed E-state index contributed by atoms with van der Waals surface area (Å²) in [4.78, 5) is 12.1. The third-order valence-corrected chi connectivity index (χ3v) is 2.55. The Morgan fingerprint density at radius 1 is 1.06 bits per heavy atom. The number of amides is 1. The highest BCUT2D eigenvalue weighted by molar-refractivity contribution is 5.85. The van der Waals surface area contributed by atoms with Crippen LogP contribution in [-0.4, -0.2) is 18.2 Å². The quantitative estimate of drug-likeness (QED) is 0.625. The third-order valence-electron chi connectivity index (χ3n) is 2.55. The van der Waals surface area contributed by atoms with Crippen molar-refractivity contribution in [2.75, 3.05) is 16.9 Å². The Hall–Kier alpha value is -2.33. The van der Waals surface area contributed by atoms with Crippen LogP contribution in [0.15, 0.2) is 54.6 Å². The van der Waals surface area contributed by atoms with Gasteiger partial charge in [0, 0.05) is 5.69 Å². The highest BCUT2D eigenvalue weighted by Gasteiger charge is 2.08. The molecule has 0 heterocycles. The van der Waals surface area contributed by atoms with Gasteiger partial charge >= 0.3 is 0 Å². The Morgan fingerprint density at radius 3 is 2.39 bits per heavy atom. The van der Waals surface area contributed by atoms with Gasteiger partial charge in [-0.1, -0.05) is 30.3 Å². The van der Waals surface area contributed by atoms with Gasteiger partial charge in [-0.15, -0.1) is 0 Å². The minimum Gasteiger partial charge on any atom is -0.376 e. The fourth-order valence-corrected chi connectivity index (χ4v) is 1.67. The zero-order valence-electron chi connectivity index (χ0n) is 9.78. The summed E-state index contributed by atoms with van der Waals surface area (Å²) in [6, 6.07) is 17.0. The summed E-state index contributed by atoms with van der Waals surface area (Å²) in [5.74, 6) is 0. The minimum absolute atomic E-state index is 0.350. The van der Waals surface area contributed by atoms with Gasteiger partial charge in [0.15, 0.2) is 0 Å². The number of carbonyl (C=O) groups is 1. The molecule has 0 fully saturated rings. The van der Waals surface area contributed by atoms with E-state index < -0.39 is 0 Å². The van der Waals surface area contributed by atoms with Crippen molar-refractivity contribution in [2.45, 2.75) is 0 Å². The Labute approximate surface area is 105 Å². The maximum absolute atomic E-state index is 10.9. The lowest BCUT2D eigenvalue weighted by molar-refractivity contribution is -0.108. The van der Waals surface area contributed by atoms with E-state index in [-0.39, 0.29) is 6.73 Å². The number of para-hydroxylation sites is 3. The molecule has 2 aromatic rings. The van der Waals surface area contributed by atoms with Gasteiger partial charge in [-0.05, 0) is 24.3 Å². The maximum Gasteiger partial charge on any atom is 0.216 e. The van der Waals surface area contributed by atoms with Crippen molar-refractivity contribution in [1.29, 1.82) is 0 Å². The van der Waals surface area contributed by atoms with E-state index in [1.54, 1.807) is 6.07 Å². The number of hydrogen-bond donors (Lipinski definition) is 2. The van der Waals surface area contributed by atoms with Crippen molar-refractivity contribution in [3.05, 3.63) is 54.6 Å².